The first-order valence-corrected chi connectivity index (χ1v) is 14.0. The van der Waals surface area contributed by atoms with E-state index < -0.39 is 17.6 Å². The number of ether oxygens (including phenoxy) is 1. The fourth-order valence-corrected chi connectivity index (χ4v) is 6.24. The molecule has 3 aromatic rings. The smallest absolute Gasteiger partial charge is 0.303 e. The fraction of sp³-hybridized carbons (Fsp3) is 0.464. The van der Waals surface area contributed by atoms with Crippen LogP contribution >= 0.6 is 23.4 Å². The number of piperidine rings is 1. The van der Waals surface area contributed by atoms with E-state index in [2.05, 4.69) is 14.9 Å². The maximum absolute atomic E-state index is 15.7. The molecule has 9 heteroatoms. The minimum Gasteiger partial charge on any atom is -0.497 e. The molecule has 2 aromatic heterocycles. The lowest BCUT2D eigenvalue weighted by Crippen LogP contribution is -2.41. The molecule has 198 valence electrons. The number of rotatable bonds is 12. The number of pyridine rings is 2. The first-order valence-electron chi connectivity index (χ1n) is 12.6. The number of hydrogen-bond donors (Lipinski definition) is 1. The average Bonchev–Trinajstić information content (AvgIpc) is 2.90. The van der Waals surface area contributed by atoms with Gasteiger partial charge in [-0.2, -0.15) is 0 Å². The molecule has 1 unspecified atom stereocenters. The van der Waals surface area contributed by atoms with Gasteiger partial charge < -0.3 is 14.7 Å². The highest BCUT2D eigenvalue weighted by atomic mass is 35.5. The highest BCUT2D eigenvalue weighted by molar-refractivity contribution is 7.99. The van der Waals surface area contributed by atoms with E-state index in [9.17, 15) is 9.90 Å². The van der Waals surface area contributed by atoms with E-state index in [1.807, 2.05) is 18.2 Å². The van der Waals surface area contributed by atoms with E-state index in [0.29, 0.717) is 28.6 Å². The monoisotopic (exact) mass is 545 g/mol. The molecule has 0 amide bonds. The van der Waals surface area contributed by atoms with Crippen LogP contribution in [-0.2, 0) is 4.79 Å². The minimum absolute atomic E-state index is 0.0573. The van der Waals surface area contributed by atoms with E-state index in [-0.39, 0.29) is 17.9 Å². The first-order chi connectivity index (χ1) is 17.9. The van der Waals surface area contributed by atoms with Crippen LogP contribution in [-0.4, -0.2) is 58.4 Å². The number of benzene rings is 1. The van der Waals surface area contributed by atoms with Crippen molar-refractivity contribution in [2.75, 3.05) is 32.5 Å². The number of carboxylic acid groups (broad SMARTS) is 1. The van der Waals surface area contributed by atoms with Crippen molar-refractivity contribution < 1.29 is 19.0 Å². The molecule has 0 bridgehead atoms. The number of carboxylic acids is 1. The Bertz CT molecular complexity index is 1190. The molecule has 4 rings (SSSR count). The van der Waals surface area contributed by atoms with Gasteiger partial charge in [0.1, 0.15) is 11.9 Å². The van der Waals surface area contributed by atoms with Crippen LogP contribution in [0.25, 0.3) is 10.9 Å². The molecule has 1 aliphatic rings. The number of methoxy groups -OCH3 is 1. The van der Waals surface area contributed by atoms with Crippen LogP contribution in [0.3, 0.4) is 0 Å². The van der Waals surface area contributed by atoms with Gasteiger partial charge in [0.05, 0.1) is 29.1 Å². The number of alkyl halides is 1. The lowest BCUT2D eigenvalue weighted by molar-refractivity contribution is -0.141. The van der Waals surface area contributed by atoms with Gasteiger partial charge in [-0.05, 0) is 87.5 Å². The highest BCUT2D eigenvalue weighted by Crippen LogP contribution is 2.44. The average molecular weight is 546 g/mol. The van der Waals surface area contributed by atoms with Crippen LogP contribution in [0.15, 0.2) is 53.8 Å². The molecule has 1 fully saturated rings. The zero-order valence-corrected chi connectivity index (χ0v) is 22.6. The highest BCUT2D eigenvalue weighted by Gasteiger charge is 2.37. The number of carbonyl (C=O) groups is 1. The van der Waals surface area contributed by atoms with E-state index >= 15 is 4.39 Å². The summed E-state index contributed by atoms with van der Waals surface area (Å²) < 4.78 is 21.0. The van der Waals surface area contributed by atoms with Gasteiger partial charge in [-0.15, -0.1) is 11.8 Å². The van der Waals surface area contributed by atoms with Crippen molar-refractivity contribution in [1.29, 1.82) is 0 Å². The van der Waals surface area contributed by atoms with Crippen molar-refractivity contribution >= 4 is 40.2 Å². The summed E-state index contributed by atoms with van der Waals surface area (Å²) >= 11 is 8.15. The molecule has 0 spiro atoms. The van der Waals surface area contributed by atoms with E-state index in [1.54, 1.807) is 43.3 Å². The van der Waals surface area contributed by atoms with Crippen molar-refractivity contribution in [1.82, 2.24) is 14.9 Å². The summed E-state index contributed by atoms with van der Waals surface area (Å²) in [5, 5.41) is 11.6. The van der Waals surface area contributed by atoms with Crippen LogP contribution in [0.4, 0.5) is 4.39 Å². The largest absolute Gasteiger partial charge is 0.497 e. The van der Waals surface area contributed by atoms with Crippen LogP contribution in [0.2, 0.25) is 5.02 Å². The Kier molecular flexibility index (Phi) is 9.62. The number of fused-ring (bicyclic) bond motifs is 1. The lowest BCUT2D eigenvalue weighted by Gasteiger charge is -2.41. The summed E-state index contributed by atoms with van der Waals surface area (Å²) in [6, 6.07) is 11.3. The van der Waals surface area contributed by atoms with E-state index in [4.69, 9.17) is 16.3 Å². The second-order valence-electron chi connectivity index (χ2n) is 9.69. The normalized spacial score (nSPS) is 16.5. The maximum Gasteiger partial charge on any atom is 0.303 e. The van der Waals surface area contributed by atoms with Gasteiger partial charge in [-0.3, -0.25) is 9.78 Å². The molecule has 1 aliphatic heterocycles. The van der Waals surface area contributed by atoms with E-state index in [1.165, 1.54) is 6.20 Å². The second-order valence-corrected chi connectivity index (χ2v) is 11.2. The molecule has 1 aromatic carbocycles. The molecule has 0 aliphatic carbocycles. The standard InChI is InChI=1S/C28H33ClFN3O3S/c1-36-20-6-7-24-21(17-20)27(22(29)19-32-24)23(30)8-9-28(18-26(34)35)10-14-33(15-11-28)13-4-16-37-25-5-2-3-12-31-25/h2-3,5-7,12,17,19,23H,4,8-11,13-16,18H2,1H3,(H,34,35). The van der Waals surface area contributed by atoms with Crippen LogP contribution < -0.4 is 4.74 Å². The molecule has 37 heavy (non-hydrogen) atoms. The predicted molar refractivity (Wildman–Crippen MR) is 146 cm³/mol. The Morgan fingerprint density at radius 3 is 2.78 bits per heavy atom. The van der Waals surface area contributed by atoms with E-state index in [0.717, 1.165) is 49.7 Å². The number of aromatic nitrogens is 2. The van der Waals surface area contributed by atoms with Crippen LogP contribution in [0, 0.1) is 5.41 Å². The van der Waals surface area contributed by atoms with Crippen LogP contribution in [0.5, 0.6) is 5.75 Å². The van der Waals surface area contributed by atoms with Gasteiger partial charge in [0, 0.05) is 29.1 Å². The molecule has 6 nitrogen and oxygen atoms in total. The molecule has 3 heterocycles. The molecule has 1 N–H and O–H groups in total. The predicted octanol–water partition coefficient (Wildman–Crippen LogP) is 6.82. The Morgan fingerprint density at radius 1 is 1.27 bits per heavy atom. The molecule has 1 saturated heterocycles. The van der Waals surface area contributed by atoms with Gasteiger partial charge in [-0.25, -0.2) is 9.37 Å². The van der Waals surface area contributed by atoms with Crippen molar-refractivity contribution in [2.24, 2.45) is 5.41 Å². The zero-order chi connectivity index (χ0) is 26.3. The Balaban J connectivity index is 1.35. The van der Waals surface area contributed by atoms with Crippen molar-refractivity contribution in [3.63, 3.8) is 0 Å². The van der Waals surface area contributed by atoms with Gasteiger partial charge in [-0.1, -0.05) is 17.7 Å². The quantitative estimate of drug-likeness (QED) is 0.197. The third kappa shape index (κ3) is 7.33. The Labute approximate surface area is 226 Å². The molecule has 0 radical (unpaired) electrons. The zero-order valence-electron chi connectivity index (χ0n) is 21.0. The number of nitrogens with zero attached hydrogens (tertiary/aromatic N) is 3. The van der Waals surface area contributed by atoms with Crippen molar-refractivity contribution in [3.05, 3.63) is 59.4 Å². The second kappa shape index (κ2) is 12.9. The third-order valence-corrected chi connectivity index (χ3v) is 8.59. The lowest BCUT2D eigenvalue weighted by atomic mass is 9.71. The van der Waals surface area contributed by atoms with Gasteiger partial charge in [0.25, 0.3) is 0 Å². The number of aliphatic carboxylic acids is 1. The number of halogens is 2. The summed E-state index contributed by atoms with van der Waals surface area (Å²) in [4.78, 5) is 22.8. The summed E-state index contributed by atoms with van der Waals surface area (Å²) in [6.45, 7) is 2.62. The topological polar surface area (TPSA) is 75.6 Å². The van der Waals surface area contributed by atoms with Crippen LogP contribution in [0.1, 0.15) is 50.3 Å². The first kappa shape index (κ1) is 27.6. The summed E-state index contributed by atoms with van der Waals surface area (Å²) in [5.74, 6) is 0.772. The molecular weight excluding hydrogens is 513 g/mol. The Morgan fingerprint density at radius 2 is 2.08 bits per heavy atom. The third-order valence-electron chi connectivity index (χ3n) is 7.26. The van der Waals surface area contributed by atoms with Gasteiger partial charge >= 0.3 is 5.97 Å². The summed E-state index contributed by atoms with van der Waals surface area (Å²) in [7, 11) is 1.56. The SMILES string of the molecule is COc1ccc2ncc(Cl)c(C(F)CCC3(CC(=O)O)CCN(CCCSc4ccccn4)CC3)c2c1. The maximum atomic E-state index is 15.7. The molecule has 1 atom stereocenters. The molecular formula is C28H33ClFN3O3S. The number of likely N-dealkylation sites (tertiary alicyclic amines) is 1. The molecule has 0 saturated carbocycles. The van der Waals surface area contributed by atoms with Gasteiger partial charge in [0.15, 0.2) is 0 Å². The fourth-order valence-electron chi connectivity index (χ4n) is 5.17. The number of thioether (sulfide) groups is 1. The van der Waals surface area contributed by atoms with Crippen molar-refractivity contribution in [2.45, 2.75) is 49.7 Å². The van der Waals surface area contributed by atoms with Crippen molar-refractivity contribution in [3.8, 4) is 5.75 Å². The number of hydrogen-bond acceptors (Lipinski definition) is 6. The minimum atomic E-state index is -1.32. The summed E-state index contributed by atoms with van der Waals surface area (Å²) in [6.07, 6.45) is 5.26. The van der Waals surface area contributed by atoms with Gasteiger partial charge in [0.2, 0.25) is 0 Å². The summed E-state index contributed by atoms with van der Waals surface area (Å²) in [5.41, 5.74) is 0.638. The Hall–Kier alpha value is -2.42.